The Labute approximate surface area is 198 Å². The van der Waals surface area contributed by atoms with Crippen molar-refractivity contribution in [3.63, 3.8) is 0 Å². The SMILES string of the molecule is CC(C)(C)OC(=O)NCCNC(=O)c1ccc2c(c1)c(N=O)c1[nH]c3cc(Cl)ccc3c(=O)n12. The summed E-state index contributed by atoms with van der Waals surface area (Å²) in [6.45, 7) is 5.60. The Bertz CT molecular complexity index is 1520. The van der Waals surface area contributed by atoms with Crippen molar-refractivity contribution in [3.8, 4) is 0 Å². The van der Waals surface area contributed by atoms with Crippen molar-refractivity contribution in [2.24, 2.45) is 5.18 Å². The maximum Gasteiger partial charge on any atom is 0.407 e. The number of aromatic nitrogens is 2. The Morgan fingerprint density at radius 1 is 1.09 bits per heavy atom. The fourth-order valence-corrected chi connectivity index (χ4v) is 3.82. The molecule has 0 atom stereocenters. The summed E-state index contributed by atoms with van der Waals surface area (Å²) in [6, 6.07) is 9.43. The van der Waals surface area contributed by atoms with Crippen molar-refractivity contribution >= 4 is 56.7 Å². The zero-order valence-corrected chi connectivity index (χ0v) is 19.4. The number of H-pyrrole nitrogens is 1. The van der Waals surface area contributed by atoms with Gasteiger partial charge in [-0.1, -0.05) is 11.6 Å². The molecule has 4 aromatic rings. The van der Waals surface area contributed by atoms with Gasteiger partial charge in [-0.2, -0.15) is 0 Å². The van der Waals surface area contributed by atoms with Crippen molar-refractivity contribution in [2.45, 2.75) is 26.4 Å². The van der Waals surface area contributed by atoms with Crippen LogP contribution in [-0.2, 0) is 4.74 Å². The van der Waals surface area contributed by atoms with Gasteiger partial charge in [-0.05, 0) is 62.3 Å². The fourth-order valence-electron chi connectivity index (χ4n) is 3.65. The van der Waals surface area contributed by atoms with Crippen LogP contribution in [0.3, 0.4) is 0 Å². The molecule has 0 aliphatic carbocycles. The number of nitrogens with zero attached hydrogens (tertiary/aromatic N) is 2. The normalized spacial score (nSPS) is 11.6. The van der Waals surface area contributed by atoms with E-state index in [1.807, 2.05) is 0 Å². The van der Waals surface area contributed by atoms with Crippen molar-refractivity contribution in [1.29, 1.82) is 0 Å². The van der Waals surface area contributed by atoms with Crippen LogP contribution in [0.5, 0.6) is 0 Å². The van der Waals surface area contributed by atoms with Crippen LogP contribution in [0.2, 0.25) is 5.02 Å². The second-order valence-corrected chi connectivity index (χ2v) is 9.10. The van der Waals surface area contributed by atoms with Gasteiger partial charge in [-0.15, -0.1) is 4.91 Å². The molecule has 0 aliphatic heterocycles. The summed E-state index contributed by atoms with van der Waals surface area (Å²) < 4.78 is 6.49. The molecule has 0 radical (unpaired) electrons. The number of carbonyl (C=O) groups excluding carboxylic acids is 2. The number of hydrogen-bond donors (Lipinski definition) is 3. The van der Waals surface area contributed by atoms with Gasteiger partial charge in [0.1, 0.15) is 11.2 Å². The molecule has 0 saturated carbocycles. The number of carbonyl (C=O) groups is 2. The number of alkyl carbamates (subject to hydrolysis) is 1. The van der Waals surface area contributed by atoms with Gasteiger partial charge in [0.05, 0.1) is 16.4 Å². The summed E-state index contributed by atoms with van der Waals surface area (Å²) in [4.78, 5) is 52.2. The lowest BCUT2D eigenvalue weighted by atomic mass is 10.1. The standard InChI is InChI=1S/C23H22ClN5O5/c1-23(2,3)34-22(32)26-9-8-25-20(30)12-4-7-17-15(10-12)18(28-33)19-27-16-11-13(24)5-6-14(16)21(31)29(17)19/h4-7,10-11,27H,8-9H2,1-3H3,(H,25,30)(H,26,32). The molecule has 2 aromatic carbocycles. The molecular weight excluding hydrogens is 462 g/mol. The number of aromatic amines is 1. The molecule has 0 unspecified atom stereocenters. The van der Waals surface area contributed by atoms with Gasteiger partial charge in [-0.3, -0.25) is 14.0 Å². The largest absolute Gasteiger partial charge is 0.444 e. The van der Waals surface area contributed by atoms with Crippen LogP contribution in [0.25, 0.3) is 27.5 Å². The maximum absolute atomic E-state index is 13.1. The fraction of sp³-hybridized carbons (Fsp3) is 0.261. The molecule has 2 aromatic heterocycles. The first kappa shape index (κ1) is 23.2. The molecular formula is C23H22ClN5O5. The predicted molar refractivity (Wildman–Crippen MR) is 130 cm³/mol. The van der Waals surface area contributed by atoms with Crippen LogP contribution >= 0.6 is 11.6 Å². The summed E-state index contributed by atoms with van der Waals surface area (Å²) in [6.07, 6.45) is -0.580. The Kier molecular flexibility index (Phi) is 6.01. The molecule has 11 heteroatoms. The summed E-state index contributed by atoms with van der Waals surface area (Å²) >= 11 is 6.04. The molecule has 3 N–H and O–H groups in total. The predicted octanol–water partition coefficient (Wildman–Crippen LogP) is 4.24. The summed E-state index contributed by atoms with van der Waals surface area (Å²) in [7, 11) is 0. The highest BCUT2D eigenvalue weighted by atomic mass is 35.5. The molecule has 2 amide bonds. The molecule has 0 saturated heterocycles. The highest BCUT2D eigenvalue weighted by Crippen LogP contribution is 2.33. The number of halogens is 1. The first-order valence-corrected chi connectivity index (χ1v) is 10.8. The molecule has 10 nitrogen and oxygen atoms in total. The second-order valence-electron chi connectivity index (χ2n) is 8.66. The molecule has 0 bridgehead atoms. The number of fused-ring (bicyclic) bond motifs is 4. The van der Waals surface area contributed by atoms with Gasteiger partial charge in [0.25, 0.3) is 11.5 Å². The van der Waals surface area contributed by atoms with E-state index in [2.05, 4.69) is 20.8 Å². The van der Waals surface area contributed by atoms with Crippen LogP contribution < -0.4 is 16.2 Å². The van der Waals surface area contributed by atoms with Gasteiger partial charge in [0.15, 0.2) is 5.69 Å². The van der Waals surface area contributed by atoms with Gasteiger partial charge in [-0.25, -0.2) is 4.79 Å². The van der Waals surface area contributed by atoms with E-state index in [1.54, 1.807) is 51.1 Å². The number of ether oxygens (including phenoxy) is 1. The average molecular weight is 484 g/mol. The highest BCUT2D eigenvalue weighted by Gasteiger charge is 2.19. The van der Waals surface area contributed by atoms with E-state index in [9.17, 15) is 19.3 Å². The zero-order chi connectivity index (χ0) is 24.6. The van der Waals surface area contributed by atoms with Crippen LogP contribution in [0.4, 0.5) is 10.5 Å². The number of nitrogens with one attached hydrogen (secondary N) is 3. The monoisotopic (exact) mass is 483 g/mol. The second kappa shape index (κ2) is 8.79. The van der Waals surface area contributed by atoms with Crippen molar-refractivity contribution in [1.82, 2.24) is 20.0 Å². The molecule has 2 heterocycles. The Hall–Kier alpha value is -3.92. The van der Waals surface area contributed by atoms with Crippen molar-refractivity contribution < 1.29 is 14.3 Å². The van der Waals surface area contributed by atoms with Crippen LogP contribution in [-0.4, -0.2) is 40.1 Å². The van der Waals surface area contributed by atoms with E-state index in [4.69, 9.17) is 16.3 Å². The molecule has 34 heavy (non-hydrogen) atoms. The quantitative estimate of drug-likeness (QED) is 0.288. The molecule has 176 valence electrons. The van der Waals surface area contributed by atoms with E-state index in [0.717, 1.165) is 0 Å². The van der Waals surface area contributed by atoms with Gasteiger partial charge >= 0.3 is 6.09 Å². The van der Waals surface area contributed by atoms with E-state index in [-0.39, 0.29) is 35.5 Å². The molecule has 4 rings (SSSR count). The van der Waals surface area contributed by atoms with Crippen LogP contribution in [0.15, 0.2) is 46.4 Å². The number of nitroso groups, excluding NO2 is 1. The van der Waals surface area contributed by atoms with E-state index < -0.39 is 17.6 Å². The first-order chi connectivity index (χ1) is 16.1. The number of hydrogen-bond acceptors (Lipinski definition) is 6. The Balaban J connectivity index is 1.61. The van der Waals surface area contributed by atoms with E-state index in [1.165, 1.54) is 10.5 Å². The molecule has 0 fully saturated rings. The zero-order valence-electron chi connectivity index (χ0n) is 18.7. The third-order valence-corrected chi connectivity index (χ3v) is 5.28. The van der Waals surface area contributed by atoms with Gasteiger partial charge in [0, 0.05) is 29.1 Å². The highest BCUT2D eigenvalue weighted by molar-refractivity contribution is 6.31. The summed E-state index contributed by atoms with van der Waals surface area (Å²) in [5, 5.41) is 9.54. The summed E-state index contributed by atoms with van der Waals surface area (Å²) in [5.41, 5.74) is 0.433. The minimum absolute atomic E-state index is 0.00946. The minimum atomic E-state index is -0.617. The number of rotatable bonds is 5. The number of amides is 2. The van der Waals surface area contributed by atoms with Gasteiger partial charge < -0.3 is 20.4 Å². The maximum atomic E-state index is 13.1. The third kappa shape index (κ3) is 4.44. The number of benzene rings is 2. The molecule has 0 aliphatic rings. The van der Waals surface area contributed by atoms with E-state index >= 15 is 0 Å². The lowest BCUT2D eigenvalue weighted by Gasteiger charge is -2.19. The lowest BCUT2D eigenvalue weighted by molar-refractivity contribution is 0.0526. The van der Waals surface area contributed by atoms with Crippen LogP contribution in [0, 0.1) is 4.91 Å². The van der Waals surface area contributed by atoms with E-state index in [0.29, 0.717) is 26.8 Å². The Morgan fingerprint density at radius 2 is 1.82 bits per heavy atom. The topological polar surface area (TPSA) is 134 Å². The van der Waals surface area contributed by atoms with Crippen LogP contribution in [0.1, 0.15) is 31.1 Å². The first-order valence-electron chi connectivity index (χ1n) is 10.5. The summed E-state index contributed by atoms with van der Waals surface area (Å²) in [5.74, 6) is -0.414. The minimum Gasteiger partial charge on any atom is -0.444 e. The molecule has 0 spiro atoms. The smallest absolute Gasteiger partial charge is 0.407 e. The Morgan fingerprint density at radius 3 is 2.53 bits per heavy atom. The third-order valence-electron chi connectivity index (χ3n) is 5.04. The van der Waals surface area contributed by atoms with Crippen molar-refractivity contribution in [2.75, 3.05) is 13.1 Å². The van der Waals surface area contributed by atoms with Gasteiger partial charge in [0.2, 0.25) is 0 Å². The average Bonchev–Trinajstić information content (AvgIpc) is 3.07. The van der Waals surface area contributed by atoms with Crippen molar-refractivity contribution in [3.05, 3.63) is 62.2 Å². The lowest BCUT2D eigenvalue weighted by Crippen LogP contribution is -2.37.